The first-order valence-corrected chi connectivity index (χ1v) is 9.04. The van der Waals surface area contributed by atoms with E-state index in [0.717, 1.165) is 0 Å². The summed E-state index contributed by atoms with van der Waals surface area (Å²) in [6.07, 6.45) is 0. The Labute approximate surface area is 170 Å². The number of benzene rings is 2. The Morgan fingerprint density at radius 2 is 1.55 bits per heavy atom. The summed E-state index contributed by atoms with van der Waals surface area (Å²) in [6, 6.07) is 9.94. The van der Waals surface area contributed by atoms with Crippen molar-refractivity contribution >= 4 is 17.5 Å². The van der Waals surface area contributed by atoms with Crippen LogP contribution in [0, 0.1) is 0 Å². The zero-order valence-corrected chi connectivity index (χ0v) is 17.4. The third-order valence-corrected chi connectivity index (χ3v) is 4.19. The molecule has 0 spiro atoms. The fraction of sp³-hybridized carbons (Fsp3) is 0.333. The molecule has 0 aliphatic rings. The summed E-state index contributed by atoms with van der Waals surface area (Å²) >= 11 is 0. The molecule has 0 aliphatic heterocycles. The van der Waals surface area contributed by atoms with Crippen LogP contribution in [0.2, 0.25) is 0 Å². The molecule has 0 bridgehead atoms. The minimum Gasteiger partial charge on any atom is -0.493 e. The first-order chi connectivity index (χ1) is 13.9. The number of hydrogen-bond donors (Lipinski definition) is 2. The highest BCUT2D eigenvalue weighted by Gasteiger charge is 2.19. The van der Waals surface area contributed by atoms with E-state index in [1.54, 1.807) is 36.4 Å². The van der Waals surface area contributed by atoms with E-state index in [0.29, 0.717) is 47.2 Å². The second kappa shape index (κ2) is 10.3. The van der Waals surface area contributed by atoms with Crippen LogP contribution in [0.1, 0.15) is 20.7 Å². The molecule has 2 amide bonds. The molecular formula is C21H27N3O5. The molecule has 8 nitrogen and oxygen atoms in total. The molecule has 8 heteroatoms. The summed E-state index contributed by atoms with van der Waals surface area (Å²) in [4.78, 5) is 27.3. The molecule has 0 fully saturated rings. The van der Waals surface area contributed by atoms with Gasteiger partial charge in [0.1, 0.15) is 0 Å². The number of methoxy groups -OCH3 is 3. The van der Waals surface area contributed by atoms with Gasteiger partial charge in [-0.1, -0.05) is 12.1 Å². The number of hydrogen-bond acceptors (Lipinski definition) is 6. The normalized spacial score (nSPS) is 10.4. The van der Waals surface area contributed by atoms with E-state index in [9.17, 15) is 9.59 Å². The molecule has 0 aromatic heterocycles. The molecule has 0 heterocycles. The van der Waals surface area contributed by atoms with Gasteiger partial charge in [-0.25, -0.2) is 0 Å². The second-order valence-corrected chi connectivity index (χ2v) is 6.47. The maximum atomic E-state index is 12.8. The number of amides is 2. The monoisotopic (exact) mass is 401 g/mol. The number of anilines is 1. The van der Waals surface area contributed by atoms with E-state index in [1.807, 2.05) is 19.0 Å². The summed E-state index contributed by atoms with van der Waals surface area (Å²) in [6.45, 7) is 1.21. The number of ether oxygens (including phenoxy) is 3. The zero-order valence-electron chi connectivity index (χ0n) is 17.4. The van der Waals surface area contributed by atoms with Crippen LogP contribution in [-0.4, -0.2) is 65.2 Å². The fourth-order valence-corrected chi connectivity index (χ4v) is 2.69. The molecule has 2 aromatic rings. The highest BCUT2D eigenvalue weighted by atomic mass is 16.5. The fourth-order valence-electron chi connectivity index (χ4n) is 2.69. The maximum absolute atomic E-state index is 12.8. The van der Waals surface area contributed by atoms with Gasteiger partial charge in [-0.3, -0.25) is 9.59 Å². The molecule has 0 aliphatic carbocycles. The molecule has 2 rings (SSSR count). The molecule has 0 radical (unpaired) electrons. The van der Waals surface area contributed by atoms with Gasteiger partial charge in [0.15, 0.2) is 11.5 Å². The van der Waals surface area contributed by atoms with E-state index in [2.05, 4.69) is 10.6 Å². The Balaban J connectivity index is 2.24. The Hall–Kier alpha value is -3.26. The summed E-state index contributed by atoms with van der Waals surface area (Å²) < 4.78 is 15.9. The van der Waals surface area contributed by atoms with Crippen molar-refractivity contribution in [2.75, 3.05) is 53.8 Å². The lowest BCUT2D eigenvalue weighted by molar-refractivity contribution is 0.0952. The summed E-state index contributed by atoms with van der Waals surface area (Å²) in [5.74, 6) is 0.469. The van der Waals surface area contributed by atoms with E-state index in [1.165, 1.54) is 21.3 Å². The largest absolute Gasteiger partial charge is 0.493 e. The van der Waals surface area contributed by atoms with Crippen molar-refractivity contribution in [3.8, 4) is 17.2 Å². The van der Waals surface area contributed by atoms with Crippen molar-refractivity contribution in [1.82, 2.24) is 10.2 Å². The number of para-hydroxylation sites is 1. The summed E-state index contributed by atoms with van der Waals surface area (Å²) in [5.41, 5.74) is 1.10. The van der Waals surface area contributed by atoms with Gasteiger partial charge in [0, 0.05) is 18.7 Å². The smallest absolute Gasteiger partial charge is 0.255 e. The topological polar surface area (TPSA) is 89.1 Å². The Morgan fingerprint density at radius 3 is 2.10 bits per heavy atom. The predicted octanol–water partition coefficient (Wildman–Crippen LogP) is 2.26. The lowest BCUT2D eigenvalue weighted by Gasteiger charge is -2.15. The summed E-state index contributed by atoms with van der Waals surface area (Å²) in [5, 5.41) is 5.63. The third kappa shape index (κ3) is 5.61. The number of nitrogens with zero attached hydrogens (tertiary/aromatic N) is 1. The highest BCUT2D eigenvalue weighted by molar-refractivity contribution is 6.09. The van der Waals surface area contributed by atoms with Gasteiger partial charge < -0.3 is 29.7 Å². The minimum absolute atomic E-state index is 0.257. The van der Waals surface area contributed by atoms with Crippen LogP contribution in [0.3, 0.4) is 0 Å². The number of nitrogens with one attached hydrogen (secondary N) is 2. The number of likely N-dealkylation sites (N-methyl/N-ethyl adjacent to an activating group) is 1. The molecule has 0 saturated heterocycles. The zero-order chi connectivity index (χ0) is 21.4. The SMILES string of the molecule is COc1cc(C(=O)Nc2ccccc2C(=O)NCCN(C)C)cc(OC)c1OC. The number of carbonyl (C=O) groups is 2. The van der Waals surface area contributed by atoms with Gasteiger partial charge in [0.05, 0.1) is 32.6 Å². The molecule has 2 aromatic carbocycles. The van der Waals surface area contributed by atoms with Gasteiger partial charge in [-0.05, 0) is 38.4 Å². The molecule has 0 unspecified atom stereocenters. The van der Waals surface area contributed by atoms with Crippen LogP contribution in [-0.2, 0) is 0 Å². The minimum atomic E-state index is -0.405. The lowest BCUT2D eigenvalue weighted by Crippen LogP contribution is -2.32. The standard InChI is InChI=1S/C21H27N3O5/c1-24(2)11-10-22-21(26)15-8-6-7-9-16(15)23-20(25)14-12-17(27-3)19(29-5)18(13-14)28-4/h6-9,12-13H,10-11H2,1-5H3,(H,22,26)(H,23,25). The third-order valence-electron chi connectivity index (χ3n) is 4.19. The average molecular weight is 401 g/mol. The quantitative estimate of drug-likeness (QED) is 0.670. The van der Waals surface area contributed by atoms with Crippen LogP contribution >= 0.6 is 0 Å². The van der Waals surface area contributed by atoms with Crippen LogP contribution in [0.5, 0.6) is 17.2 Å². The molecule has 29 heavy (non-hydrogen) atoms. The van der Waals surface area contributed by atoms with Crippen LogP contribution in [0.25, 0.3) is 0 Å². The van der Waals surface area contributed by atoms with Gasteiger partial charge in [0.25, 0.3) is 11.8 Å². The van der Waals surface area contributed by atoms with Gasteiger partial charge >= 0.3 is 0 Å². The molecule has 0 saturated carbocycles. The number of rotatable bonds is 9. The van der Waals surface area contributed by atoms with Crippen LogP contribution in [0.4, 0.5) is 5.69 Å². The summed E-state index contributed by atoms with van der Waals surface area (Å²) in [7, 11) is 8.30. The van der Waals surface area contributed by atoms with Crippen molar-refractivity contribution in [1.29, 1.82) is 0 Å². The molecule has 156 valence electrons. The van der Waals surface area contributed by atoms with Crippen molar-refractivity contribution < 1.29 is 23.8 Å². The molecule has 0 atom stereocenters. The van der Waals surface area contributed by atoms with Crippen molar-refractivity contribution in [2.45, 2.75) is 0 Å². The van der Waals surface area contributed by atoms with E-state index < -0.39 is 5.91 Å². The van der Waals surface area contributed by atoms with Crippen molar-refractivity contribution in [2.24, 2.45) is 0 Å². The van der Waals surface area contributed by atoms with Gasteiger partial charge in [-0.15, -0.1) is 0 Å². The van der Waals surface area contributed by atoms with Crippen molar-refractivity contribution in [3.63, 3.8) is 0 Å². The first kappa shape index (κ1) is 22.0. The Morgan fingerprint density at radius 1 is 0.931 bits per heavy atom. The number of carbonyl (C=O) groups excluding carboxylic acids is 2. The Kier molecular flexibility index (Phi) is 7.85. The lowest BCUT2D eigenvalue weighted by atomic mass is 10.1. The first-order valence-electron chi connectivity index (χ1n) is 9.04. The highest BCUT2D eigenvalue weighted by Crippen LogP contribution is 2.38. The van der Waals surface area contributed by atoms with Crippen LogP contribution < -0.4 is 24.8 Å². The van der Waals surface area contributed by atoms with E-state index in [4.69, 9.17) is 14.2 Å². The van der Waals surface area contributed by atoms with E-state index >= 15 is 0 Å². The van der Waals surface area contributed by atoms with E-state index in [-0.39, 0.29) is 5.91 Å². The molecular weight excluding hydrogens is 374 g/mol. The molecule has 2 N–H and O–H groups in total. The Bertz CT molecular complexity index is 842. The van der Waals surface area contributed by atoms with Crippen molar-refractivity contribution in [3.05, 3.63) is 47.5 Å². The maximum Gasteiger partial charge on any atom is 0.255 e. The van der Waals surface area contributed by atoms with Gasteiger partial charge in [0.2, 0.25) is 5.75 Å². The van der Waals surface area contributed by atoms with Gasteiger partial charge in [-0.2, -0.15) is 0 Å². The second-order valence-electron chi connectivity index (χ2n) is 6.47. The van der Waals surface area contributed by atoms with Crippen LogP contribution in [0.15, 0.2) is 36.4 Å². The predicted molar refractivity (Wildman–Crippen MR) is 111 cm³/mol. The average Bonchev–Trinajstić information content (AvgIpc) is 2.72.